The van der Waals surface area contributed by atoms with Gasteiger partial charge in [-0.3, -0.25) is 0 Å². The second-order valence-corrected chi connectivity index (χ2v) is 13.8. The van der Waals surface area contributed by atoms with Crippen LogP contribution in [0.5, 0.6) is 0 Å². The van der Waals surface area contributed by atoms with Gasteiger partial charge in [0.05, 0.1) is 0 Å². The lowest BCUT2D eigenvalue weighted by molar-refractivity contribution is 1.21. The van der Waals surface area contributed by atoms with Crippen LogP contribution in [0.2, 0.25) is 0 Å². The molecule has 46 heavy (non-hydrogen) atoms. The summed E-state index contributed by atoms with van der Waals surface area (Å²) in [4.78, 5) is 2.39. The summed E-state index contributed by atoms with van der Waals surface area (Å²) in [7, 11) is 2.22. The van der Waals surface area contributed by atoms with Crippen LogP contribution >= 0.6 is 22.7 Å². The fourth-order valence-electron chi connectivity index (χ4n) is 6.90. The molecule has 0 radical (unpaired) electrons. The van der Waals surface area contributed by atoms with E-state index in [0.29, 0.717) is 0 Å². The lowest BCUT2D eigenvalue weighted by atomic mass is 9.95. The number of para-hydroxylation sites is 1. The Kier molecular flexibility index (Phi) is 6.48. The normalized spacial score (nSPS) is 11.6. The van der Waals surface area contributed by atoms with Crippen LogP contribution in [0.15, 0.2) is 158 Å². The van der Waals surface area contributed by atoms with Gasteiger partial charge in [0.2, 0.25) is 0 Å². The summed E-state index contributed by atoms with van der Waals surface area (Å²) in [5.74, 6) is 0. The van der Waals surface area contributed by atoms with Crippen LogP contribution in [0, 0.1) is 0 Å². The van der Waals surface area contributed by atoms with Gasteiger partial charge in [-0.2, -0.15) is 0 Å². The third kappa shape index (κ3) is 4.35. The fraction of sp³-hybridized carbons (Fsp3) is 0.0233. The van der Waals surface area contributed by atoms with Crippen LogP contribution in [0.25, 0.3) is 73.7 Å². The minimum atomic E-state index is 1.18. The van der Waals surface area contributed by atoms with Crippen LogP contribution in [0.3, 0.4) is 0 Å². The van der Waals surface area contributed by atoms with Crippen molar-refractivity contribution in [1.82, 2.24) is 0 Å². The highest BCUT2D eigenvalue weighted by Crippen LogP contribution is 2.47. The average molecular weight is 624 g/mol. The number of hydrogen-bond acceptors (Lipinski definition) is 3. The molecule has 7 aromatic carbocycles. The Morgan fingerprint density at radius 1 is 0.370 bits per heavy atom. The first-order chi connectivity index (χ1) is 22.7. The number of fused-ring (bicyclic) bond motifs is 6. The lowest BCUT2D eigenvalue weighted by Crippen LogP contribution is -2.12. The van der Waals surface area contributed by atoms with Crippen LogP contribution in [-0.2, 0) is 0 Å². The zero-order chi connectivity index (χ0) is 30.6. The largest absolute Gasteiger partial charge is 0.344 e. The minimum absolute atomic E-state index is 1.18. The highest BCUT2D eigenvalue weighted by Gasteiger charge is 2.20. The maximum absolute atomic E-state index is 2.41. The Balaban J connectivity index is 1.30. The topological polar surface area (TPSA) is 3.24 Å². The molecule has 0 spiro atoms. The fourth-order valence-corrected chi connectivity index (χ4v) is 9.36. The molecule has 0 amide bonds. The van der Waals surface area contributed by atoms with Crippen molar-refractivity contribution in [1.29, 1.82) is 0 Å². The maximum atomic E-state index is 2.41. The quantitative estimate of drug-likeness (QED) is 0.184. The van der Waals surface area contributed by atoms with E-state index in [-0.39, 0.29) is 0 Å². The van der Waals surface area contributed by atoms with Gasteiger partial charge in [-0.15, -0.1) is 22.7 Å². The third-order valence-electron chi connectivity index (χ3n) is 9.12. The molecule has 0 N–H and O–H groups in total. The summed E-state index contributed by atoms with van der Waals surface area (Å²) >= 11 is 3.77. The van der Waals surface area contributed by atoms with E-state index in [1.54, 1.807) is 0 Å². The van der Waals surface area contributed by atoms with Gasteiger partial charge in [-0.25, -0.2) is 0 Å². The number of rotatable bonds is 5. The molecular formula is C43H29NS2. The van der Waals surface area contributed by atoms with E-state index >= 15 is 0 Å². The smallest absolute Gasteiger partial charge is 0.0494 e. The Bertz CT molecular complexity index is 2560. The van der Waals surface area contributed by atoms with Crippen molar-refractivity contribution in [3.05, 3.63) is 158 Å². The second kappa shape index (κ2) is 11.0. The molecule has 218 valence electrons. The average Bonchev–Trinajstić information content (AvgIpc) is 3.70. The molecule has 0 saturated heterocycles. The van der Waals surface area contributed by atoms with E-state index in [1.165, 1.54) is 85.1 Å². The van der Waals surface area contributed by atoms with Gasteiger partial charge in [0.15, 0.2) is 0 Å². The number of nitrogens with zero attached hydrogens (tertiary/aromatic N) is 1. The Hall–Kier alpha value is -5.22. The molecule has 0 aliphatic rings. The van der Waals surface area contributed by atoms with Gasteiger partial charge in [0.1, 0.15) is 0 Å². The summed E-state index contributed by atoms with van der Waals surface area (Å²) in [6, 6.07) is 57.6. The van der Waals surface area contributed by atoms with Crippen LogP contribution < -0.4 is 4.90 Å². The molecule has 0 fully saturated rings. The van der Waals surface area contributed by atoms with Crippen molar-refractivity contribution < 1.29 is 0 Å². The van der Waals surface area contributed by atoms with Crippen molar-refractivity contribution in [3.8, 4) is 33.4 Å². The summed E-state index contributed by atoms with van der Waals surface area (Å²) < 4.78 is 5.31. The summed E-state index contributed by atoms with van der Waals surface area (Å²) in [5.41, 5.74) is 9.79. The number of thiophene rings is 2. The third-order valence-corrected chi connectivity index (χ3v) is 11.6. The number of hydrogen-bond donors (Lipinski definition) is 0. The second-order valence-electron chi connectivity index (χ2n) is 11.7. The van der Waals surface area contributed by atoms with Gasteiger partial charge in [-0.05, 0) is 41.0 Å². The molecule has 0 atom stereocenters. The van der Waals surface area contributed by atoms with E-state index < -0.39 is 0 Å². The standard InChI is InChI=1S/C43H29NS2/c1-44(38-22-8-5-15-30(38)28-13-3-2-4-14-28)39-27-29(31-18-11-20-36-33-16-6-9-23-40(33)45-42(31)36)25-26-32(39)35-19-12-21-37-34-17-7-10-24-41(34)46-43(35)37/h2-27H,1H3. The molecule has 3 heteroatoms. The van der Waals surface area contributed by atoms with Crippen LogP contribution in [0.4, 0.5) is 11.4 Å². The monoisotopic (exact) mass is 623 g/mol. The van der Waals surface area contributed by atoms with Crippen LogP contribution in [0.1, 0.15) is 0 Å². The van der Waals surface area contributed by atoms with Crippen molar-refractivity contribution in [3.63, 3.8) is 0 Å². The van der Waals surface area contributed by atoms with Crippen LogP contribution in [-0.4, -0.2) is 7.05 Å². The van der Waals surface area contributed by atoms with Gasteiger partial charge < -0.3 is 4.90 Å². The minimum Gasteiger partial charge on any atom is -0.344 e. The van der Waals surface area contributed by atoms with E-state index in [4.69, 9.17) is 0 Å². The summed E-state index contributed by atoms with van der Waals surface area (Å²) in [6.07, 6.45) is 0. The predicted molar refractivity (Wildman–Crippen MR) is 203 cm³/mol. The zero-order valence-corrected chi connectivity index (χ0v) is 26.9. The van der Waals surface area contributed by atoms with Crippen molar-refractivity contribution in [2.75, 3.05) is 11.9 Å². The van der Waals surface area contributed by atoms with Gasteiger partial charge in [0, 0.05) is 75.5 Å². The maximum Gasteiger partial charge on any atom is 0.0494 e. The van der Waals surface area contributed by atoms with E-state index in [1.807, 2.05) is 22.7 Å². The van der Waals surface area contributed by atoms with E-state index in [0.717, 1.165) is 0 Å². The Morgan fingerprint density at radius 2 is 0.913 bits per heavy atom. The molecule has 1 nitrogen and oxygen atoms in total. The molecule has 0 bridgehead atoms. The molecule has 9 rings (SSSR count). The number of anilines is 2. The first-order valence-corrected chi connectivity index (χ1v) is 17.2. The molecule has 9 aromatic rings. The lowest BCUT2D eigenvalue weighted by Gasteiger charge is -2.26. The zero-order valence-electron chi connectivity index (χ0n) is 25.3. The molecule has 0 aliphatic carbocycles. The Morgan fingerprint density at radius 3 is 1.63 bits per heavy atom. The molecule has 0 unspecified atom stereocenters. The van der Waals surface area contributed by atoms with Gasteiger partial charge in [0.25, 0.3) is 0 Å². The Labute approximate surface area is 276 Å². The van der Waals surface area contributed by atoms with E-state index in [2.05, 4.69) is 170 Å². The summed E-state index contributed by atoms with van der Waals surface area (Å²) in [5, 5.41) is 5.28. The van der Waals surface area contributed by atoms with Crippen molar-refractivity contribution in [2.24, 2.45) is 0 Å². The molecule has 2 aromatic heterocycles. The molecule has 0 saturated carbocycles. The molecular weight excluding hydrogens is 595 g/mol. The van der Waals surface area contributed by atoms with Crippen molar-refractivity contribution >= 4 is 74.4 Å². The highest BCUT2D eigenvalue weighted by molar-refractivity contribution is 7.26. The number of benzene rings is 7. The van der Waals surface area contributed by atoms with Gasteiger partial charge >= 0.3 is 0 Å². The van der Waals surface area contributed by atoms with Crippen molar-refractivity contribution in [2.45, 2.75) is 0 Å². The highest BCUT2D eigenvalue weighted by atomic mass is 32.1. The SMILES string of the molecule is CN(c1ccccc1-c1ccccc1)c1cc(-c2cccc3c2sc2ccccc23)ccc1-c1cccc2c1sc1ccccc12. The first kappa shape index (κ1) is 27.1. The molecule has 2 heterocycles. The van der Waals surface area contributed by atoms with E-state index in [9.17, 15) is 0 Å². The predicted octanol–water partition coefficient (Wildman–Crippen LogP) is 13.2. The van der Waals surface area contributed by atoms with Gasteiger partial charge in [-0.1, -0.05) is 133 Å². The first-order valence-electron chi connectivity index (χ1n) is 15.6. The molecule has 0 aliphatic heterocycles. The summed E-state index contributed by atoms with van der Waals surface area (Å²) in [6.45, 7) is 0.